The Balaban J connectivity index is 1.68. The van der Waals surface area contributed by atoms with Gasteiger partial charge in [0.1, 0.15) is 12.1 Å². The van der Waals surface area contributed by atoms with Crippen molar-refractivity contribution in [2.24, 2.45) is 11.7 Å². The molecule has 33 heavy (non-hydrogen) atoms. The number of carboxylic acid groups (broad SMARTS) is 1. The number of para-hydroxylation sites is 1. The van der Waals surface area contributed by atoms with Crippen LogP contribution in [-0.4, -0.2) is 56.0 Å². The van der Waals surface area contributed by atoms with Gasteiger partial charge < -0.3 is 31.4 Å². The van der Waals surface area contributed by atoms with Gasteiger partial charge in [0, 0.05) is 36.1 Å². The minimum absolute atomic E-state index is 0.0838. The van der Waals surface area contributed by atoms with Crippen LogP contribution in [0, 0.1) is 5.92 Å². The third kappa shape index (κ3) is 6.42. The predicted molar refractivity (Wildman–Crippen MR) is 123 cm³/mol. The normalized spacial score (nSPS) is 14.1. The van der Waals surface area contributed by atoms with Gasteiger partial charge in [0.25, 0.3) is 0 Å². The predicted octanol–water partition coefficient (Wildman–Crippen LogP) is 1.10. The van der Waals surface area contributed by atoms with Gasteiger partial charge in [-0.05, 0) is 24.0 Å². The summed E-state index contributed by atoms with van der Waals surface area (Å²) in [5.74, 6) is -2.13. The molecule has 7 N–H and O–H groups in total. The van der Waals surface area contributed by atoms with E-state index in [9.17, 15) is 19.5 Å². The van der Waals surface area contributed by atoms with E-state index in [1.165, 1.54) is 6.33 Å². The van der Waals surface area contributed by atoms with Gasteiger partial charge in [0.15, 0.2) is 0 Å². The van der Waals surface area contributed by atoms with Crippen LogP contribution in [0.3, 0.4) is 0 Å². The number of benzene rings is 1. The van der Waals surface area contributed by atoms with E-state index >= 15 is 0 Å². The third-order valence-electron chi connectivity index (χ3n) is 5.37. The molecule has 10 nitrogen and oxygen atoms in total. The minimum Gasteiger partial charge on any atom is -0.480 e. The molecule has 0 fully saturated rings. The molecule has 0 unspecified atom stereocenters. The molecule has 176 valence electrons. The molecule has 0 radical (unpaired) electrons. The van der Waals surface area contributed by atoms with E-state index < -0.39 is 35.9 Å². The monoisotopic (exact) mass is 454 g/mol. The number of nitrogens with two attached hydrogens (primary N) is 1. The van der Waals surface area contributed by atoms with Gasteiger partial charge in [-0.1, -0.05) is 32.0 Å². The van der Waals surface area contributed by atoms with Crippen LogP contribution in [-0.2, 0) is 27.2 Å². The quantitative estimate of drug-likeness (QED) is 0.254. The molecule has 3 rings (SSSR count). The zero-order valence-corrected chi connectivity index (χ0v) is 18.7. The molecule has 2 amide bonds. The van der Waals surface area contributed by atoms with Crippen molar-refractivity contribution in [2.75, 3.05) is 0 Å². The Labute approximate surface area is 191 Å². The van der Waals surface area contributed by atoms with Crippen LogP contribution in [0.4, 0.5) is 0 Å². The summed E-state index contributed by atoms with van der Waals surface area (Å²) in [6, 6.07) is 4.59. The molecule has 10 heteroatoms. The maximum absolute atomic E-state index is 13.0. The molecular formula is C23H30N6O4. The Morgan fingerprint density at radius 1 is 1.06 bits per heavy atom. The number of nitrogens with zero attached hydrogens (tertiary/aromatic N) is 1. The highest BCUT2D eigenvalue weighted by Gasteiger charge is 2.29. The maximum Gasteiger partial charge on any atom is 0.326 e. The number of carbonyl (C=O) groups excluding carboxylic acids is 2. The van der Waals surface area contributed by atoms with Crippen molar-refractivity contribution >= 4 is 28.7 Å². The smallest absolute Gasteiger partial charge is 0.326 e. The highest BCUT2D eigenvalue weighted by atomic mass is 16.4. The van der Waals surface area contributed by atoms with Crippen LogP contribution in [0.1, 0.15) is 31.5 Å². The van der Waals surface area contributed by atoms with Crippen molar-refractivity contribution in [2.45, 2.75) is 51.2 Å². The van der Waals surface area contributed by atoms with E-state index in [1.807, 2.05) is 38.1 Å². The van der Waals surface area contributed by atoms with Crippen LogP contribution >= 0.6 is 0 Å². The lowest BCUT2D eigenvalue weighted by Crippen LogP contribution is -2.55. The van der Waals surface area contributed by atoms with Crippen LogP contribution < -0.4 is 16.4 Å². The Morgan fingerprint density at radius 3 is 2.45 bits per heavy atom. The molecule has 1 aromatic carbocycles. The number of hydrogen-bond donors (Lipinski definition) is 6. The second kappa shape index (κ2) is 10.8. The summed E-state index contributed by atoms with van der Waals surface area (Å²) in [7, 11) is 0. The summed E-state index contributed by atoms with van der Waals surface area (Å²) in [5, 5.41) is 15.9. The standard InChI is InChI=1S/C23H30N6O4/c1-13(2)7-19(28-21(30)17(24)9-15-11-25-12-27-15)22(31)29-20(23(32)33)8-14-10-26-18-6-4-3-5-16(14)18/h3-6,10-13,17,19-20,26H,7-9,24H2,1-2H3,(H,25,27)(H,28,30)(H,29,31)(H,32,33)/t17-,19-,20-/m0/s1. The number of rotatable bonds is 11. The number of carbonyl (C=O) groups is 3. The Kier molecular flexibility index (Phi) is 7.83. The highest BCUT2D eigenvalue weighted by molar-refractivity contribution is 5.92. The SMILES string of the molecule is CC(C)C[C@H](NC(=O)[C@@H](N)Cc1c[nH]cn1)C(=O)N[C@@H](Cc1c[nH]c2ccccc12)C(=O)O. The van der Waals surface area contributed by atoms with Crippen molar-refractivity contribution in [1.29, 1.82) is 0 Å². The number of aliphatic carboxylic acids is 1. The summed E-state index contributed by atoms with van der Waals surface area (Å²) < 4.78 is 0. The number of imidazole rings is 1. The highest BCUT2D eigenvalue weighted by Crippen LogP contribution is 2.19. The Morgan fingerprint density at radius 2 is 1.79 bits per heavy atom. The zero-order chi connectivity index (χ0) is 24.0. The minimum atomic E-state index is -1.15. The lowest BCUT2D eigenvalue weighted by atomic mass is 10.0. The van der Waals surface area contributed by atoms with Crippen LogP contribution in [0.2, 0.25) is 0 Å². The zero-order valence-electron chi connectivity index (χ0n) is 18.7. The number of hydrogen-bond acceptors (Lipinski definition) is 5. The summed E-state index contributed by atoms with van der Waals surface area (Å²) >= 11 is 0. The van der Waals surface area contributed by atoms with Gasteiger partial charge in [0.2, 0.25) is 11.8 Å². The van der Waals surface area contributed by atoms with E-state index in [2.05, 4.69) is 25.6 Å². The number of aromatic amines is 2. The first-order valence-corrected chi connectivity index (χ1v) is 10.9. The van der Waals surface area contributed by atoms with Crippen LogP contribution in [0.5, 0.6) is 0 Å². The molecule has 3 atom stereocenters. The van der Waals surface area contributed by atoms with Crippen LogP contribution in [0.15, 0.2) is 43.0 Å². The molecule has 0 aliphatic heterocycles. The van der Waals surface area contributed by atoms with Gasteiger partial charge in [-0.25, -0.2) is 9.78 Å². The van der Waals surface area contributed by atoms with E-state index in [0.29, 0.717) is 12.1 Å². The van der Waals surface area contributed by atoms with Crippen LogP contribution in [0.25, 0.3) is 10.9 Å². The number of H-pyrrole nitrogens is 2. The summed E-state index contributed by atoms with van der Waals surface area (Å²) in [6.07, 6.45) is 5.54. The fourth-order valence-electron chi connectivity index (χ4n) is 3.70. The third-order valence-corrected chi connectivity index (χ3v) is 5.37. The van der Waals surface area contributed by atoms with Gasteiger partial charge in [-0.2, -0.15) is 0 Å². The van der Waals surface area contributed by atoms with E-state index in [-0.39, 0.29) is 18.8 Å². The molecule has 0 saturated heterocycles. The molecule has 0 saturated carbocycles. The van der Waals surface area contributed by atoms with Crippen molar-refractivity contribution in [1.82, 2.24) is 25.6 Å². The van der Waals surface area contributed by atoms with Gasteiger partial charge in [0.05, 0.1) is 18.1 Å². The number of aromatic nitrogens is 3. The molecule has 0 spiro atoms. The lowest BCUT2D eigenvalue weighted by molar-refractivity contribution is -0.142. The number of fused-ring (bicyclic) bond motifs is 1. The molecule has 2 aromatic heterocycles. The molecular weight excluding hydrogens is 424 g/mol. The molecule has 0 bridgehead atoms. The van der Waals surface area contributed by atoms with E-state index in [0.717, 1.165) is 16.5 Å². The average Bonchev–Trinajstić information content (AvgIpc) is 3.42. The molecule has 0 aliphatic carbocycles. The number of carboxylic acids is 1. The first-order valence-electron chi connectivity index (χ1n) is 10.9. The fourth-order valence-corrected chi connectivity index (χ4v) is 3.70. The topological polar surface area (TPSA) is 166 Å². The Hall–Kier alpha value is -3.66. The van der Waals surface area contributed by atoms with E-state index in [1.54, 1.807) is 12.4 Å². The van der Waals surface area contributed by atoms with Crippen molar-refractivity contribution < 1.29 is 19.5 Å². The number of nitrogens with one attached hydrogen (secondary N) is 4. The lowest BCUT2D eigenvalue weighted by Gasteiger charge is -2.24. The average molecular weight is 455 g/mol. The van der Waals surface area contributed by atoms with Crippen molar-refractivity contribution in [3.63, 3.8) is 0 Å². The summed E-state index contributed by atoms with van der Waals surface area (Å²) in [5.41, 5.74) is 8.29. The summed E-state index contributed by atoms with van der Waals surface area (Å²) in [6.45, 7) is 3.83. The largest absolute Gasteiger partial charge is 0.480 e. The van der Waals surface area contributed by atoms with Gasteiger partial charge >= 0.3 is 5.97 Å². The van der Waals surface area contributed by atoms with Gasteiger partial charge in [-0.15, -0.1) is 0 Å². The molecule has 0 aliphatic rings. The van der Waals surface area contributed by atoms with Gasteiger partial charge in [-0.3, -0.25) is 9.59 Å². The van der Waals surface area contributed by atoms with Crippen molar-refractivity contribution in [3.8, 4) is 0 Å². The maximum atomic E-state index is 13.0. The fraction of sp³-hybridized carbons (Fsp3) is 0.391. The second-order valence-electron chi connectivity index (χ2n) is 8.52. The first kappa shape index (κ1) is 24.0. The first-order chi connectivity index (χ1) is 15.7. The Bertz CT molecular complexity index is 1090. The van der Waals surface area contributed by atoms with E-state index in [4.69, 9.17) is 5.73 Å². The van der Waals surface area contributed by atoms with Crippen molar-refractivity contribution in [3.05, 3.63) is 54.2 Å². The molecule has 2 heterocycles. The number of amides is 2. The molecule has 3 aromatic rings. The summed E-state index contributed by atoms with van der Waals surface area (Å²) in [4.78, 5) is 47.5. The second-order valence-corrected chi connectivity index (χ2v) is 8.52.